The maximum Gasteiger partial charge on any atom is 0.0905 e. The Morgan fingerprint density at radius 3 is 1.47 bits per heavy atom. The molecule has 4 fully saturated rings. The topological polar surface area (TPSA) is 69.0 Å². The van der Waals surface area contributed by atoms with Gasteiger partial charge in [0.25, 0.3) is 0 Å². The molecule has 0 bridgehead atoms. The average molecular weight is 633 g/mol. The third kappa shape index (κ3) is 14.1. The Morgan fingerprint density at radius 1 is 0.533 bits per heavy atom. The Labute approximate surface area is 279 Å². The summed E-state index contributed by atoms with van der Waals surface area (Å²) in [6.45, 7) is 7.22. The smallest absolute Gasteiger partial charge is 0.0905 e. The lowest BCUT2D eigenvalue weighted by Gasteiger charge is -2.38. The lowest BCUT2D eigenvalue weighted by atomic mass is 9.78. The van der Waals surface area contributed by atoms with Crippen molar-refractivity contribution in [2.75, 3.05) is 13.1 Å². The van der Waals surface area contributed by atoms with Crippen LogP contribution in [-0.2, 0) is 0 Å². The van der Waals surface area contributed by atoms with Crippen LogP contribution in [0.4, 0.5) is 0 Å². The molecule has 0 saturated carbocycles. The Morgan fingerprint density at radius 2 is 0.978 bits per heavy atom. The molecule has 5 N–H and O–H groups in total. The molecule has 10 atom stereocenters. The van der Waals surface area contributed by atoms with Crippen molar-refractivity contribution in [3.8, 4) is 0 Å². The van der Waals surface area contributed by atoms with Gasteiger partial charge < -0.3 is 25.7 Å². The van der Waals surface area contributed by atoms with Crippen molar-refractivity contribution in [1.82, 2.24) is 10.6 Å². The van der Waals surface area contributed by atoms with Crippen LogP contribution in [0.25, 0.3) is 0 Å². The zero-order valence-electron chi connectivity index (χ0n) is 30.1. The van der Waals surface area contributed by atoms with Gasteiger partial charge in [-0.15, -0.1) is 0 Å². The summed E-state index contributed by atoms with van der Waals surface area (Å²) in [6.07, 6.45) is 37.1. The summed E-state index contributed by atoms with van der Waals surface area (Å²) in [6, 6.07) is 2.85. The van der Waals surface area contributed by atoms with E-state index in [1.165, 1.54) is 154 Å². The normalized spacial score (nSPS) is 35.5. The molecule has 0 aromatic heterocycles. The summed E-state index contributed by atoms with van der Waals surface area (Å²) in [5.74, 6) is 2.03. The highest BCUT2D eigenvalue weighted by Crippen LogP contribution is 2.31. The van der Waals surface area contributed by atoms with Crippen LogP contribution in [0.15, 0.2) is 0 Å². The highest BCUT2D eigenvalue weighted by Gasteiger charge is 2.41. The van der Waals surface area contributed by atoms with Crippen LogP contribution < -0.4 is 15.5 Å². The monoisotopic (exact) mass is 633 g/mol. The molecule has 0 radical (unpaired) electrons. The molecule has 45 heavy (non-hydrogen) atoms. The van der Waals surface area contributed by atoms with Crippen molar-refractivity contribution in [3.63, 3.8) is 0 Å². The summed E-state index contributed by atoms with van der Waals surface area (Å²) in [7, 11) is 0. The molecule has 5 heteroatoms. The van der Waals surface area contributed by atoms with Crippen LogP contribution in [0.3, 0.4) is 0 Å². The molecule has 0 aliphatic carbocycles. The van der Waals surface area contributed by atoms with Gasteiger partial charge in [0.1, 0.15) is 0 Å². The Hall–Kier alpha value is -0.200. The number of quaternary nitrogens is 1. The largest absolute Gasteiger partial charge is 0.392 e. The van der Waals surface area contributed by atoms with Crippen molar-refractivity contribution >= 4 is 0 Å². The Balaban J connectivity index is 0.944. The zero-order chi connectivity index (χ0) is 31.7. The SMILES string of the molecule is C[C@@H]1N[C@H](CCCCCCCCCCC2CC(CCCCCCCCCC[C@@H]3CC[C@@H](O)[C@H](C)N3)C3CCC[NH+]3C2)CC[C@H]1O. The molecule has 4 unspecified atom stereocenters. The van der Waals surface area contributed by atoms with Crippen molar-refractivity contribution in [2.45, 2.75) is 230 Å². The molecule has 4 heterocycles. The number of aliphatic hydroxyl groups is 2. The molecule has 4 aliphatic heterocycles. The van der Waals surface area contributed by atoms with Crippen LogP contribution in [0, 0.1) is 11.8 Å². The van der Waals surface area contributed by atoms with Gasteiger partial charge in [-0.3, -0.25) is 0 Å². The van der Waals surface area contributed by atoms with E-state index in [0.717, 1.165) is 43.6 Å². The van der Waals surface area contributed by atoms with Gasteiger partial charge in [0.15, 0.2) is 0 Å². The fraction of sp³-hybridized carbons (Fsp3) is 1.00. The molecule has 4 rings (SSSR count). The first-order valence-electron chi connectivity index (χ1n) is 20.7. The Bertz CT molecular complexity index is 751. The molecular weight excluding hydrogens is 554 g/mol. The number of fused-ring (bicyclic) bond motifs is 1. The minimum Gasteiger partial charge on any atom is -0.392 e. The molecule has 4 aliphatic rings. The molecule has 264 valence electrons. The van der Waals surface area contributed by atoms with Crippen LogP contribution in [-0.4, -0.2) is 65.7 Å². The van der Waals surface area contributed by atoms with Crippen LogP contribution >= 0.6 is 0 Å². The van der Waals surface area contributed by atoms with Gasteiger partial charge in [0, 0.05) is 48.8 Å². The minimum atomic E-state index is -0.137. The molecule has 4 saturated heterocycles. The maximum absolute atomic E-state index is 9.89. The lowest BCUT2D eigenvalue weighted by molar-refractivity contribution is -0.925. The first kappa shape index (κ1) is 37.6. The summed E-state index contributed by atoms with van der Waals surface area (Å²) in [4.78, 5) is 2.00. The predicted molar refractivity (Wildman–Crippen MR) is 191 cm³/mol. The van der Waals surface area contributed by atoms with Gasteiger partial charge in [0.05, 0.1) is 31.3 Å². The predicted octanol–water partition coefficient (Wildman–Crippen LogP) is 7.47. The molecule has 5 nitrogen and oxygen atoms in total. The summed E-state index contributed by atoms with van der Waals surface area (Å²) in [5.41, 5.74) is 0. The van der Waals surface area contributed by atoms with E-state index in [9.17, 15) is 10.2 Å². The number of hydrogen-bond donors (Lipinski definition) is 5. The van der Waals surface area contributed by atoms with E-state index in [-0.39, 0.29) is 24.3 Å². The van der Waals surface area contributed by atoms with E-state index < -0.39 is 0 Å². The quantitative estimate of drug-likeness (QED) is 0.0804. The molecular formula is C40H78N3O2+. The third-order valence-corrected chi connectivity index (χ3v) is 12.9. The Kier molecular flexibility index (Phi) is 18.1. The van der Waals surface area contributed by atoms with Gasteiger partial charge >= 0.3 is 0 Å². The van der Waals surface area contributed by atoms with Gasteiger partial charge in [-0.1, -0.05) is 103 Å². The second-order valence-corrected chi connectivity index (χ2v) is 16.6. The third-order valence-electron chi connectivity index (χ3n) is 12.9. The first-order valence-corrected chi connectivity index (χ1v) is 20.7. The van der Waals surface area contributed by atoms with E-state index in [2.05, 4.69) is 24.5 Å². The van der Waals surface area contributed by atoms with Crippen LogP contribution in [0.5, 0.6) is 0 Å². The maximum atomic E-state index is 9.89. The molecule has 0 amide bonds. The molecule has 0 spiro atoms. The first-order chi connectivity index (χ1) is 22.0. The molecule has 0 aromatic rings. The number of piperidine rings is 3. The standard InChI is InChI=1S/C40H77N3O2/c1-32-39(44)27-25-36(41-32)22-17-13-9-5-3-7-11-15-20-34-30-35(38-24-19-29-43(38)31-34)21-16-12-8-4-6-10-14-18-23-37-26-28-40(45)33(2)42-37/h32-42,44-45H,3-31H2,1-2H3/p+1/t32-,33-,34?,35?,36+,37+,38?,39+,40+/m0/s1. The van der Waals surface area contributed by atoms with Crippen LogP contribution in [0.2, 0.25) is 0 Å². The van der Waals surface area contributed by atoms with E-state index in [0.29, 0.717) is 12.1 Å². The summed E-state index contributed by atoms with van der Waals surface area (Å²) >= 11 is 0. The van der Waals surface area contributed by atoms with E-state index >= 15 is 0 Å². The van der Waals surface area contributed by atoms with Gasteiger partial charge in [-0.25, -0.2) is 0 Å². The highest BCUT2D eigenvalue weighted by molar-refractivity contribution is 4.85. The highest BCUT2D eigenvalue weighted by atomic mass is 16.3. The fourth-order valence-electron chi connectivity index (χ4n) is 9.92. The van der Waals surface area contributed by atoms with E-state index in [1.54, 1.807) is 6.42 Å². The van der Waals surface area contributed by atoms with Gasteiger partial charge in [0.2, 0.25) is 0 Å². The average Bonchev–Trinajstić information content (AvgIpc) is 3.51. The van der Waals surface area contributed by atoms with Crippen LogP contribution in [0.1, 0.15) is 187 Å². The fourth-order valence-corrected chi connectivity index (χ4v) is 9.92. The number of rotatable bonds is 22. The number of nitrogens with one attached hydrogen (secondary N) is 3. The van der Waals surface area contributed by atoms with E-state index in [1.807, 2.05) is 4.90 Å². The van der Waals surface area contributed by atoms with Crippen molar-refractivity contribution in [2.24, 2.45) is 11.8 Å². The lowest BCUT2D eigenvalue weighted by Crippen LogP contribution is -3.16. The number of aliphatic hydroxyl groups excluding tert-OH is 2. The van der Waals surface area contributed by atoms with E-state index in [4.69, 9.17) is 0 Å². The number of hydrogen-bond acceptors (Lipinski definition) is 4. The summed E-state index contributed by atoms with van der Waals surface area (Å²) in [5, 5.41) is 27.0. The van der Waals surface area contributed by atoms with Gasteiger partial charge in [-0.2, -0.15) is 0 Å². The minimum absolute atomic E-state index is 0.137. The molecule has 0 aromatic carbocycles. The second-order valence-electron chi connectivity index (χ2n) is 16.6. The number of unbranched alkanes of at least 4 members (excludes halogenated alkanes) is 14. The summed E-state index contributed by atoms with van der Waals surface area (Å²) < 4.78 is 0. The van der Waals surface area contributed by atoms with Crippen molar-refractivity contribution < 1.29 is 15.1 Å². The van der Waals surface area contributed by atoms with Gasteiger partial charge in [-0.05, 0) is 71.6 Å². The second kappa shape index (κ2) is 21.7. The van der Waals surface area contributed by atoms with Crippen molar-refractivity contribution in [3.05, 3.63) is 0 Å². The zero-order valence-corrected chi connectivity index (χ0v) is 30.1. The van der Waals surface area contributed by atoms with Crippen molar-refractivity contribution in [1.29, 1.82) is 0 Å².